The highest BCUT2D eigenvalue weighted by Gasteiger charge is 2.50. The van der Waals surface area contributed by atoms with Gasteiger partial charge in [0.15, 0.2) is 0 Å². The summed E-state index contributed by atoms with van der Waals surface area (Å²) in [7, 11) is 0. The zero-order valence-electron chi connectivity index (χ0n) is 19.8. The maximum Gasteiger partial charge on any atom is 0.0849 e. The van der Waals surface area contributed by atoms with Gasteiger partial charge in [0.1, 0.15) is 0 Å². The summed E-state index contributed by atoms with van der Waals surface area (Å²) in [6.45, 7) is 10.5. The molecule has 0 saturated heterocycles. The van der Waals surface area contributed by atoms with E-state index >= 15 is 0 Å². The largest absolute Gasteiger partial charge is 0.393 e. The normalized spacial score (nSPS) is 39.5. The SMILES string of the molecule is C=C1/C(=C/C=C2\CCC[C@]3(C)[C@@H]([C@H](C)CCC[C@@](C)(O)CO)CC[C@@H]23)C[C@@H](O)C[C@@H]1O. The molecule has 7 atom stereocenters. The maximum absolute atomic E-state index is 10.1. The molecular weight excluding hydrogens is 388 g/mol. The van der Waals surface area contributed by atoms with Crippen LogP contribution in [0.5, 0.6) is 0 Å². The van der Waals surface area contributed by atoms with E-state index < -0.39 is 17.8 Å². The van der Waals surface area contributed by atoms with Gasteiger partial charge < -0.3 is 20.4 Å². The van der Waals surface area contributed by atoms with E-state index in [9.17, 15) is 20.4 Å². The van der Waals surface area contributed by atoms with Crippen molar-refractivity contribution in [2.45, 2.75) is 103 Å². The van der Waals surface area contributed by atoms with Crippen LogP contribution in [0.3, 0.4) is 0 Å². The van der Waals surface area contributed by atoms with Crippen molar-refractivity contribution in [2.24, 2.45) is 23.2 Å². The second kappa shape index (κ2) is 9.91. The molecule has 0 aromatic carbocycles. The minimum Gasteiger partial charge on any atom is -0.393 e. The summed E-state index contributed by atoms with van der Waals surface area (Å²) < 4.78 is 0. The summed E-state index contributed by atoms with van der Waals surface area (Å²) in [6.07, 6.45) is 13.1. The van der Waals surface area contributed by atoms with Gasteiger partial charge in [0, 0.05) is 6.42 Å². The average molecular weight is 433 g/mol. The third-order valence-corrected chi connectivity index (χ3v) is 8.70. The fraction of sp³-hybridized carbons (Fsp3) is 0.778. The van der Waals surface area contributed by atoms with Crippen molar-refractivity contribution in [3.05, 3.63) is 35.5 Å². The molecule has 4 heteroatoms. The molecular formula is C27H44O4. The molecule has 0 aromatic rings. The molecule has 0 unspecified atom stereocenters. The van der Waals surface area contributed by atoms with Crippen molar-refractivity contribution in [2.75, 3.05) is 6.61 Å². The van der Waals surface area contributed by atoms with E-state index in [0.717, 1.165) is 30.4 Å². The van der Waals surface area contributed by atoms with Gasteiger partial charge in [-0.1, -0.05) is 51.0 Å². The maximum atomic E-state index is 10.1. The first-order chi connectivity index (χ1) is 14.6. The molecule has 3 aliphatic rings. The Balaban J connectivity index is 1.68. The number of allylic oxidation sites excluding steroid dienone is 3. The molecule has 0 heterocycles. The Morgan fingerprint density at radius 3 is 2.71 bits per heavy atom. The van der Waals surface area contributed by atoms with E-state index in [1.807, 2.05) is 0 Å². The summed E-state index contributed by atoms with van der Waals surface area (Å²) in [5.74, 6) is 1.92. The number of aliphatic hydroxyl groups excluding tert-OH is 3. The molecule has 4 nitrogen and oxygen atoms in total. The topological polar surface area (TPSA) is 80.9 Å². The van der Waals surface area contributed by atoms with Crippen molar-refractivity contribution in [3.8, 4) is 0 Å². The third-order valence-electron chi connectivity index (χ3n) is 8.70. The molecule has 0 bridgehead atoms. The second-order valence-corrected chi connectivity index (χ2v) is 11.2. The zero-order valence-corrected chi connectivity index (χ0v) is 19.8. The zero-order chi connectivity index (χ0) is 22.8. The van der Waals surface area contributed by atoms with Crippen LogP contribution in [0.15, 0.2) is 35.5 Å². The second-order valence-electron chi connectivity index (χ2n) is 11.2. The van der Waals surface area contributed by atoms with Gasteiger partial charge in [-0.15, -0.1) is 0 Å². The van der Waals surface area contributed by atoms with Crippen molar-refractivity contribution in [1.29, 1.82) is 0 Å². The van der Waals surface area contributed by atoms with Crippen LogP contribution in [-0.2, 0) is 0 Å². The van der Waals surface area contributed by atoms with Crippen LogP contribution in [0.1, 0.15) is 85.0 Å². The highest BCUT2D eigenvalue weighted by molar-refractivity contribution is 5.38. The van der Waals surface area contributed by atoms with Gasteiger partial charge in [0.05, 0.1) is 24.4 Å². The molecule has 31 heavy (non-hydrogen) atoms. The number of fused-ring (bicyclic) bond motifs is 1. The lowest BCUT2D eigenvalue weighted by molar-refractivity contribution is -0.00891. The van der Waals surface area contributed by atoms with Crippen molar-refractivity contribution in [1.82, 2.24) is 0 Å². The van der Waals surface area contributed by atoms with Gasteiger partial charge >= 0.3 is 0 Å². The molecule has 0 radical (unpaired) electrons. The van der Waals surface area contributed by atoms with Gasteiger partial charge in [-0.2, -0.15) is 0 Å². The van der Waals surface area contributed by atoms with Crippen LogP contribution in [0.4, 0.5) is 0 Å². The predicted molar refractivity (Wildman–Crippen MR) is 125 cm³/mol. The molecule has 3 fully saturated rings. The number of aliphatic hydroxyl groups is 4. The van der Waals surface area contributed by atoms with E-state index in [4.69, 9.17) is 0 Å². The highest BCUT2D eigenvalue weighted by atomic mass is 16.3. The molecule has 0 aliphatic heterocycles. The van der Waals surface area contributed by atoms with Crippen LogP contribution >= 0.6 is 0 Å². The number of hydrogen-bond donors (Lipinski definition) is 4. The van der Waals surface area contributed by atoms with Crippen LogP contribution < -0.4 is 0 Å². The van der Waals surface area contributed by atoms with Gasteiger partial charge in [0.2, 0.25) is 0 Å². The lowest BCUT2D eigenvalue weighted by Crippen LogP contribution is -2.36. The minimum absolute atomic E-state index is 0.172. The highest BCUT2D eigenvalue weighted by Crippen LogP contribution is 2.60. The Bertz CT molecular complexity index is 706. The Hall–Kier alpha value is -0.940. The first kappa shape index (κ1) is 24.7. The predicted octanol–water partition coefficient (Wildman–Crippen LogP) is 4.68. The van der Waals surface area contributed by atoms with E-state index in [2.05, 4.69) is 32.6 Å². The standard InChI is InChI=1S/C27H44O4/c1-18(7-5-13-26(3,31)17-28)23-11-12-24-20(8-6-14-27(23,24)4)9-10-21-15-22(29)16-25(30)19(21)2/h9-10,18,22-25,28-31H,2,5-8,11-17H2,1,3-4H3/b20-9+,21-10+/t18-,22-,23-,24+,25+,26-,27-/m1/s1. The van der Waals surface area contributed by atoms with Gasteiger partial charge in [-0.05, 0) is 86.2 Å². The van der Waals surface area contributed by atoms with Gasteiger partial charge in [0.25, 0.3) is 0 Å². The smallest absolute Gasteiger partial charge is 0.0849 e. The Labute approximate surface area is 188 Å². The fourth-order valence-electron chi connectivity index (χ4n) is 6.76. The van der Waals surface area contributed by atoms with Crippen LogP contribution in [0.2, 0.25) is 0 Å². The molecule has 4 N–H and O–H groups in total. The van der Waals surface area contributed by atoms with Crippen molar-refractivity contribution >= 4 is 0 Å². The van der Waals surface area contributed by atoms with Gasteiger partial charge in [-0.25, -0.2) is 0 Å². The van der Waals surface area contributed by atoms with Crippen LogP contribution in [0.25, 0.3) is 0 Å². The summed E-state index contributed by atoms with van der Waals surface area (Å²) in [5.41, 5.74) is 2.65. The number of hydrogen-bond acceptors (Lipinski definition) is 4. The van der Waals surface area contributed by atoms with E-state index in [1.165, 1.54) is 31.3 Å². The van der Waals surface area contributed by atoms with Crippen molar-refractivity contribution < 1.29 is 20.4 Å². The quantitative estimate of drug-likeness (QED) is 0.471. The van der Waals surface area contributed by atoms with E-state index in [0.29, 0.717) is 42.4 Å². The Kier molecular flexibility index (Phi) is 7.89. The molecule has 3 aliphatic carbocycles. The Morgan fingerprint density at radius 1 is 1.26 bits per heavy atom. The fourth-order valence-corrected chi connectivity index (χ4v) is 6.76. The van der Waals surface area contributed by atoms with Crippen molar-refractivity contribution in [3.63, 3.8) is 0 Å². The monoisotopic (exact) mass is 432 g/mol. The third kappa shape index (κ3) is 5.52. The van der Waals surface area contributed by atoms with E-state index in [-0.39, 0.29) is 6.61 Å². The molecule has 3 rings (SSSR count). The first-order valence-electron chi connectivity index (χ1n) is 12.4. The summed E-state index contributed by atoms with van der Waals surface area (Å²) in [6, 6.07) is 0. The van der Waals surface area contributed by atoms with E-state index in [1.54, 1.807) is 6.92 Å². The molecule has 3 saturated carbocycles. The lowest BCUT2D eigenvalue weighted by atomic mass is 9.60. The molecule has 0 spiro atoms. The van der Waals surface area contributed by atoms with Crippen LogP contribution in [-0.4, -0.2) is 44.8 Å². The number of rotatable bonds is 7. The van der Waals surface area contributed by atoms with Crippen LogP contribution in [0, 0.1) is 23.2 Å². The summed E-state index contributed by atoms with van der Waals surface area (Å²) in [4.78, 5) is 0. The summed E-state index contributed by atoms with van der Waals surface area (Å²) in [5, 5.41) is 39.5. The minimum atomic E-state index is -0.958. The lowest BCUT2D eigenvalue weighted by Gasteiger charge is -2.44. The molecule has 0 amide bonds. The Morgan fingerprint density at radius 2 is 2.00 bits per heavy atom. The molecule has 176 valence electrons. The van der Waals surface area contributed by atoms with Gasteiger partial charge in [-0.3, -0.25) is 0 Å². The first-order valence-corrected chi connectivity index (χ1v) is 12.4. The molecule has 0 aromatic heterocycles. The summed E-state index contributed by atoms with van der Waals surface area (Å²) >= 11 is 0. The average Bonchev–Trinajstić information content (AvgIpc) is 3.07.